The van der Waals surface area contributed by atoms with Crippen molar-refractivity contribution < 1.29 is 0 Å². The summed E-state index contributed by atoms with van der Waals surface area (Å²) in [5.74, 6) is 0.735. The number of thiazole rings is 1. The summed E-state index contributed by atoms with van der Waals surface area (Å²) in [6, 6.07) is 10.0. The Morgan fingerprint density at radius 3 is 2.72 bits per heavy atom. The lowest BCUT2D eigenvalue weighted by Gasteiger charge is -2.19. The second-order valence-corrected chi connectivity index (χ2v) is 6.28. The van der Waals surface area contributed by atoms with Gasteiger partial charge in [-0.3, -0.25) is 0 Å². The van der Waals surface area contributed by atoms with Crippen LogP contribution in [-0.2, 0) is 0 Å². The molecule has 0 aliphatic carbocycles. The van der Waals surface area contributed by atoms with E-state index in [1.54, 1.807) is 0 Å². The number of nitrogens with one attached hydrogen (secondary N) is 1. The van der Waals surface area contributed by atoms with E-state index in [-0.39, 0.29) is 18.8 Å². The smallest absolute Gasteiger partial charge is 0.189 e. The molecular weight excluding hydrogens is 336 g/mol. The molecule has 0 spiro atoms. The van der Waals surface area contributed by atoms with Gasteiger partial charge in [0.1, 0.15) is 25.1 Å². The first kappa shape index (κ1) is 16.4. The zero-order valence-corrected chi connectivity index (χ0v) is 14.2. The van der Waals surface area contributed by atoms with Crippen LogP contribution in [0.4, 0.5) is 22.5 Å². The second-order valence-electron chi connectivity index (χ2n) is 5.25. The second kappa shape index (κ2) is 6.99. The Labute approximate surface area is 148 Å². The molecule has 9 heteroatoms. The van der Waals surface area contributed by atoms with Gasteiger partial charge in [-0.2, -0.15) is 10.5 Å². The highest BCUT2D eigenvalue weighted by molar-refractivity contribution is 7.22. The number of nitriles is 2. The van der Waals surface area contributed by atoms with E-state index in [4.69, 9.17) is 16.3 Å². The lowest BCUT2D eigenvalue weighted by molar-refractivity contribution is 0.929. The first-order valence-electron chi connectivity index (χ1n) is 7.36. The number of nitrogens with zero attached hydrogens (tertiary/aromatic N) is 6. The summed E-state index contributed by atoms with van der Waals surface area (Å²) < 4.78 is 1.06. The molecule has 3 rings (SSSR count). The average molecular weight is 350 g/mol. The summed E-state index contributed by atoms with van der Waals surface area (Å²) in [6.45, 7) is 2.04. The van der Waals surface area contributed by atoms with Gasteiger partial charge in [0.2, 0.25) is 0 Å². The maximum absolute atomic E-state index is 8.91. The van der Waals surface area contributed by atoms with Crippen LogP contribution in [0.3, 0.4) is 0 Å². The van der Waals surface area contributed by atoms with Crippen molar-refractivity contribution in [1.82, 2.24) is 15.0 Å². The predicted octanol–water partition coefficient (Wildman–Crippen LogP) is 2.57. The van der Waals surface area contributed by atoms with E-state index in [9.17, 15) is 0 Å². The summed E-state index contributed by atoms with van der Waals surface area (Å²) >= 11 is 1.49. The van der Waals surface area contributed by atoms with E-state index >= 15 is 0 Å². The van der Waals surface area contributed by atoms with E-state index in [0.717, 1.165) is 15.8 Å². The van der Waals surface area contributed by atoms with Gasteiger partial charge in [0, 0.05) is 0 Å². The molecule has 3 aromatic rings. The molecule has 0 aliphatic heterocycles. The minimum Gasteiger partial charge on any atom is -0.393 e. The number of hydrogen-bond acceptors (Lipinski definition) is 9. The molecule has 2 heterocycles. The number of benzene rings is 1. The highest BCUT2D eigenvalue weighted by atomic mass is 32.1. The van der Waals surface area contributed by atoms with E-state index in [1.807, 2.05) is 31.2 Å². The maximum atomic E-state index is 8.91. The van der Waals surface area contributed by atoms with Crippen molar-refractivity contribution in [2.24, 2.45) is 0 Å². The zero-order chi connectivity index (χ0) is 17.8. The monoisotopic (exact) mass is 350 g/mol. The number of nitrogens with two attached hydrogens (primary N) is 1. The summed E-state index contributed by atoms with van der Waals surface area (Å²) in [6.07, 6.45) is 1.34. The molecule has 0 bridgehead atoms. The van der Waals surface area contributed by atoms with Crippen molar-refractivity contribution in [3.63, 3.8) is 0 Å². The van der Waals surface area contributed by atoms with Crippen molar-refractivity contribution >= 4 is 44.0 Å². The van der Waals surface area contributed by atoms with Gasteiger partial charge in [0.05, 0.1) is 22.4 Å². The van der Waals surface area contributed by atoms with Crippen LogP contribution >= 0.6 is 11.3 Å². The summed E-state index contributed by atoms with van der Waals surface area (Å²) in [4.78, 5) is 14.3. The van der Waals surface area contributed by atoms with Gasteiger partial charge in [-0.25, -0.2) is 15.0 Å². The van der Waals surface area contributed by atoms with E-state index in [0.29, 0.717) is 16.8 Å². The molecule has 3 N–H and O–H groups in total. The SMILES string of the molecule is Cc1ccc2nc(Nc3ncnc(N(CC#N)CC#N)c3N)sc2c1. The standard InChI is InChI=1S/C16H14N8S/c1-10-2-3-11-12(8-10)25-16(22-11)23-14-13(19)15(21-9-20-14)24(6-4-17)7-5-18/h2-3,8-9H,6-7,19H2,1H3,(H,20,21,22,23). The number of fused-ring (bicyclic) bond motifs is 1. The minimum absolute atomic E-state index is 0.00856. The minimum atomic E-state index is 0.00856. The molecule has 8 nitrogen and oxygen atoms in total. The first-order valence-corrected chi connectivity index (χ1v) is 8.17. The van der Waals surface area contributed by atoms with Crippen LogP contribution in [0.15, 0.2) is 24.5 Å². The number of anilines is 4. The third-order valence-electron chi connectivity index (χ3n) is 3.45. The predicted molar refractivity (Wildman–Crippen MR) is 97.5 cm³/mol. The van der Waals surface area contributed by atoms with Gasteiger partial charge in [0.15, 0.2) is 16.8 Å². The highest BCUT2D eigenvalue weighted by Gasteiger charge is 2.16. The molecule has 0 atom stereocenters. The highest BCUT2D eigenvalue weighted by Crippen LogP contribution is 2.32. The Morgan fingerprint density at radius 1 is 1.24 bits per heavy atom. The Hall–Kier alpha value is -3.43. The fraction of sp³-hybridized carbons (Fsp3) is 0.188. The molecule has 0 saturated carbocycles. The van der Waals surface area contributed by atoms with Crippen molar-refractivity contribution in [3.05, 3.63) is 30.1 Å². The summed E-state index contributed by atoms with van der Waals surface area (Å²) in [5.41, 5.74) is 8.46. The van der Waals surface area contributed by atoms with Crippen molar-refractivity contribution in [2.75, 3.05) is 29.0 Å². The molecule has 25 heavy (non-hydrogen) atoms. The van der Waals surface area contributed by atoms with Crippen LogP contribution in [0.2, 0.25) is 0 Å². The molecule has 2 aromatic heterocycles. The number of nitrogen functional groups attached to an aromatic ring is 1. The van der Waals surface area contributed by atoms with Gasteiger partial charge >= 0.3 is 0 Å². The summed E-state index contributed by atoms with van der Waals surface area (Å²) in [7, 11) is 0. The Balaban J connectivity index is 1.93. The number of aromatic nitrogens is 3. The lowest BCUT2D eigenvalue weighted by atomic mass is 10.2. The molecule has 0 aliphatic rings. The van der Waals surface area contributed by atoms with Gasteiger partial charge in [-0.1, -0.05) is 17.4 Å². The number of rotatable bonds is 5. The van der Waals surface area contributed by atoms with Gasteiger partial charge in [-0.05, 0) is 24.6 Å². The fourth-order valence-electron chi connectivity index (χ4n) is 2.30. The van der Waals surface area contributed by atoms with Gasteiger partial charge in [0.25, 0.3) is 0 Å². The Bertz CT molecular complexity index is 982. The number of aryl methyl sites for hydroxylation is 1. The maximum Gasteiger partial charge on any atom is 0.189 e. The van der Waals surface area contributed by atoms with Crippen molar-refractivity contribution in [2.45, 2.75) is 6.92 Å². The van der Waals surface area contributed by atoms with Gasteiger partial charge in [-0.15, -0.1) is 0 Å². The zero-order valence-electron chi connectivity index (χ0n) is 13.4. The molecule has 0 saturated heterocycles. The molecule has 124 valence electrons. The van der Waals surface area contributed by atoms with Crippen LogP contribution in [0, 0.1) is 29.6 Å². The molecule has 0 unspecified atom stereocenters. The average Bonchev–Trinajstić information content (AvgIpc) is 2.98. The van der Waals surface area contributed by atoms with Crippen molar-refractivity contribution in [3.8, 4) is 12.1 Å². The van der Waals surface area contributed by atoms with Crippen molar-refractivity contribution in [1.29, 1.82) is 10.5 Å². The van der Waals surface area contributed by atoms with Crippen LogP contribution in [0.25, 0.3) is 10.2 Å². The molecule has 0 radical (unpaired) electrons. The quantitative estimate of drug-likeness (QED) is 0.672. The third kappa shape index (κ3) is 3.42. The van der Waals surface area contributed by atoms with E-state index in [2.05, 4.69) is 26.3 Å². The van der Waals surface area contributed by atoms with Crippen LogP contribution in [-0.4, -0.2) is 28.0 Å². The molecule has 1 aromatic carbocycles. The molecule has 0 fully saturated rings. The third-order valence-corrected chi connectivity index (χ3v) is 4.39. The Morgan fingerprint density at radius 2 is 2.00 bits per heavy atom. The lowest BCUT2D eigenvalue weighted by Crippen LogP contribution is -2.26. The largest absolute Gasteiger partial charge is 0.393 e. The first-order chi connectivity index (χ1) is 12.1. The van der Waals surface area contributed by atoms with E-state index in [1.165, 1.54) is 22.6 Å². The van der Waals surface area contributed by atoms with Crippen LogP contribution in [0.1, 0.15) is 5.56 Å². The normalized spacial score (nSPS) is 10.2. The summed E-state index contributed by atoms with van der Waals surface area (Å²) in [5, 5.41) is 21.6. The fourth-order valence-corrected chi connectivity index (χ4v) is 3.26. The number of hydrogen-bond donors (Lipinski definition) is 2. The Kier molecular flexibility index (Phi) is 4.59. The van der Waals surface area contributed by atoms with Gasteiger partial charge < -0.3 is 16.0 Å². The van der Waals surface area contributed by atoms with Crippen LogP contribution < -0.4 is 16.0 Å². The van der Waals surface area contributed by atoms with Crippen LogP contribution in [0.5, 0.6) is 0 Å². The van der Waals surface area contributed by atoms with E-state index < -0.39 is 0 Å². The topological polar surface area (TPSA) is 128 Å². The molecule has 0 amide bonds. The molecular formula is C16H14N8S.